The summed E-state index contributed by atoms with van der Waals surface area (Å²) in [5, 5.41) is 9.66. The Hall–Kier alpha value is -1.22. The van der Waals surface area contributed by atoms with Crippen LogP contribution in [0.4, 0.5) is 0 Å². The highest BCUT2D eigenvalue weighted by molar-refractivity contribution is 5.45. The van der Waals surface area contributed by atoms with Crippen LogP contribution in [0.15, 0.2) is 18.2 Å². The molecule has 0 aliphatic carbocycles. The first kappa shape index (κ1) is 9.86. The minimum atomic E-state index is 0.0398. The number of rotatable bonds is 3. The van der Waals surface area contributed by atoms with Gasteiger partial charge in [-0.15, -0.1) is 0 Å². The Balaban J connectivity index is 2.94. The molecule has 0 radical (unpaired) electrons. The molecule has 0 aliphatic heterocycles. The van der Waals surface area contributed by atoms with E-state index in [4.69, 9.17) is 10.5 Å². The predicted molar refractivity (Wildman–Crippen MR) is 52.0 cm³/mol. The van der Waals surface area contributed by atoms with Gasteiger partial charge in [0.25, 0.3) is 0 Å². The highest BCUT2D eigenvalue weighted by atomic mass is 16.5. The van der Waals surface area contributed by atoms with Gasteiger partial charge in [-0.1, -0.05) is 12.1 Å². The first-order chi connectivity index (χ1) is 6.15. The van der Waals surface area contributed by atoms with Crippen LogP contribution >= 0.6 is 0 Å². The summed E-state index contributed by atoms with van der Waals surface area (Å²) in [6.07, 6.45) is 0.656. The van der Waals surface area contributed by atoms with E-state index < -0.39 is 0 Å². The number of benzene rings is 1. The summed E-state index contributed by atoms with van der Waals surface area (Å²) in [6, 6.07) is 5.45. The van der Waals surface area contributed by atoms with Gasteiger partial charge in [0.15, 0.2) is 11.5 Å². The predicted octanol–water partition coefficient (Wildman–Crippen LogP) is 1.29. The molecule has 13 heavy (non-hydrogen) atoms. The van der Waals surface area contributed by atoms with Crippen molar-refractivity contribution in [3.8, 4) is 11.5 Å². The van der Waals surface area contributed by atoms with Gasteiger partial charge >= 0.3 is 0 Å². The van der Waals surface area contributed by atoms with Crippen molar-refractivity contribution in [1.82, 2.24) is 0 Å². The van der Waals surface area contributed by atoms with Gasteiger partial charge < -0.3 is 15.6 Å². The molecule has 1 rings (SSSR count). The van der Waals surface area contributed by atoms with E-state index >= 15 is 0 Å². The molecule has 3 nitrogen and oxygen atoms in total. The van der Waals surface area contributed by atoms with Crippen molar-refractivity contribution in [1.29, 1.82) is 0 Å². The van der Waals surface area contributed by atoms with Crippen molar-refractivity contribution in [3.05, 3.63) is 23.8 Å². The van der Waals surface area contributed by atoms with Crippen molar-refractivity contribution < 1.29 is 9.84 Å². The minimum Gasteiger partial charge on any atom is -0.504 e. The topological polar surface area (TPSA) is 55.5 Å². The van der Waals surface area contributed by atoms with Crippen LogP contribution < -0.4 is 10.5 Å². The largest absolute Gasteiger partial charge is 0.504 e. The number of nitrogens with two attached hydrogens (primary N) is 1. The molecular weight excluding hydrogens is 166 g/mol. The molecule has 3 N–H and O–H groups in total. The molecule has 3 heteroatoms. The van der Waals surface area contributed by atoms with Gasteiger partial charge in [0.1, 0.15) is 0 Å². The number of ether oxygens (including phenoxy) is 1. The van der Waals surface area contributed by atoms with Crippen LogP contribution in [0.3, 0.4) is 0 Å². The second kappa shape index (κ2) is 4.14. The molecule has 1 atom stereocenters. The molecule has 0 saturated heterocycles. The lowest BCUT2D eigenvalue weighted by molar-refractivity contribution is 0.370. The monoisotopic (exact) mass is 181 g/mol. The molecule has 0 heterocycles. The zero-order valence-corrected chi connectivity index (χ0v) is 7.95. The van der Waals surface area contributed by atoms with Gasteiger partial charge in [0.2, 0.25) is 0 Å². The zero-order valence-electron chi connectivity index (χ0n) is 7.95. The maximum Gasteiger partial charge on any atom is 0.160 e. The lowest BCUT2D eigenvalue weighted by Gasteiger charge is -2.10. The Bertz CT molecular complexity index is 284. The molecule has 72 valence electrons. The number of hydrogen-bond donors (Lipinski definition) is 2. The van der Waals surface area contributed by atoms with Crippen LogP contribution in [-0.4, -0.2) is 18.3 Å². The summed E-state index contributed by atoms with van der Waals surface area (Å²) < 4.78 is 4.98. The molecule has 0 spiro atoms. The van der Waals surface area contributed by atoms with Gasteiger partial charge in [-0.05, 0) is 25.0 Å². The maximum absolute atomic E-state index is 9.66. The summed E-state index contributed by atoms with van der Waals surface area (Å²) in [5.41, 5.74) is 6.46. The van der Waals surface area contributed by atoms with E-state index in [-0.39, 0.29) is 11.8 Å². The van der Waals surface area contributed by atoms with Crippen molar-refractivity contribution in [2.75, 3.05) is 7.11 Å². The van der Waals surface area contributed by atoms with Gasteiger partial charge in [-0.3, -0.25) is 0 Å². The Labute approximate surface area is 78.1 Å². The lowest BCUT2D eigenvalue weighted by atomic mass is 10.1. The van der Waals surface area contributed by atoms with Crippen molar-refractivity contribution in [2.24, 2.45) is 5.73 Å². The van der Waals surface area contributed by atoms with E-state index in [1.807, 2.05) is 19.1 Å². The maximum atomic E-state index is 9.66. The van der Waals surface area contributed by atoms with Gasteiger partial charge in [-0.2, -0.15) is 0 Å². The fourth-order valence-corrected chi connectivity index (χ4v) is 1.24. The van der Waals surface area contributed by atoms with Gasteiger partial charge in [-0.25, -0.2) is 0 Å². The van der Waals surface area contributed by atoms with Gasteiger partial charge in [0.05, 0.1) is 7.11 Å². The van der Waals surface area contributed by atoms with Crippen LogP contribution in [-0.2, 0) is 6.42 Å². The van der Waals surface area contributed by atoms with Crippen LogP contribution in [0.25, 0.3) is 0 Å². The highest BCUT2D eigenvalue weighted by Gasteiger charge is 2.08. The molecule has 0 saturated carbocycles. The summed E-state index contributed by atoms with van der Waals surface area (Å²) in [6.45, 7) is 1.90. The number of hydrogen-bond acceptors (Lipinski definition) is 3. The summed E-state index contributed by atoms with van der Waals surface area (Å²) >= 11 is 0. The SMILES string of the molecule is COc1cccc(C[C@H](C)N)c1O. The Morgan fingerprint density at radius 2 is 2.23 bits per heavy atom. The third-order valence-electron chi connectivity index (χ3n) is 1.84. The van der Waals surface area contributed by atoms with Crippen LogP contribution in [0.5, 0.6) is 11.5 Å². The number of phenolic OH excluding ortho intramolecular Hbond substituents is 1. The Kier molecular flexibility index (Phi) is 3.14. The number of para-hydroxylation sites is 1. The molecule has 0 aromatic heterocycles. The molecular formula is C10H15NO2. The molecule has 1 aromatic rings. The number of methoxy groups -OCH3 is 1. The first-order valence-electron chi connectivity index (χ1n) is 4.25. The van der Waals surface area contributed by atoms with Crippen LogP contribution in [0, 0.1) is 0 Å². The van der Waals surface area contributed by atoms with Crippen LogP contribution in [0.1, 0.15) is 12.5 Å². The molecule has 0 unspecified atom stereocenters. The smallest absolute Gasteiger partial charge is 0.160 e. The lowest BCUT2D eigenvalue weighted by Crippen LogP contribution is -2.17. The molecule has 0 amide bonds. The zero-order chi connectivity index (χ0) is 9.84. The third-order valence-corrected chi connectivity index (χ3v) is 1.84. The van der Waals surface area contributed by atoms with E-state index in [0.29, 0.717) is 12.2 Å². The van der Waals surface area contributed by atoms with E-state index in [1.54, 1.807) is 6.07 Å². The Morgan fingerprint density at radius 3 is 2.77 bits per heavy atom. The summed E-state index contributed by atoms with van der Waals surface area (Å²) in [4.78, 5) is 0. The van der Waals surface area contributed by atoms with Crippen molar-refractivity contribution >= 4 is 0 Å². The normalized spacial score (nSPS) is 12.5. The second-order valence-electron chi connectivity index (χ2n) is 3.15. The fraction of sp³-hybridized carbons (Fsp3) is 0.400. The third kappa shape index (κ3) is 2.36. The second-order valence-corrected chi connectivity index (χ2v) is 3.15. The average Bonchev–Trinajstić information content (AvgIpc) is 2.08. The Morgan fingerprint density at radius 1 is 1.54 bits per heavy atom. The molecule has 1 aromatic carbocycles. The number of phenols is 1. The molecule has 0 bridgehead atoms. The van der Waals surface area contributed by atoms with E-state index in [1.165, 1.54) is 7.11 Å². The molecule has 0 aliphatic rings. The van der Waals surface area contributed by atoms with E-state index in [0.717, 1.165) is 5.56 Å². The van der Waals surface area contributed by atoms with Crippen molar-refractivity contribution in [3.63, 3.8) is 0 Å². The minimum absolute atomic E-state index is 0.0398. The highest BCUT2D eigenvalue weighted by Crippen LogP contribution is 2.29. The van der Waals surface area contributed by atoms with Crippen LogP contribution in [0.2, 0.25) is 0 Å². The first-order valence-corrected chi connectivity index (χ1v) is 4.25. The quantitative estimate of drug-likeness (QED) is 0.738. The molecule has 0 fully saturated rings. The van der Waals surface area contributed by atoms with E-state index in [9.17, 15) is 5.11 Å². The summed E-state index contributed by atoms with van der Waals surface area (Å²) in [5.74, 6) is 0.695. The number of aromatic hydroxyl groups is 1. The van der Waals surface area contributed by atoms with E-state index in [2.05, 4.69) is 0 Å². The average molecular weight is 181 g/mol. The van der Waals surface area contributed by atoms with Crippen molar-refractivity contribution in [2.45, 2.75) is 19.4 Å². The summed E-state index contributed by atoms with van der Waals surface area (Å²) in [7, 11) is 1.53. The fourth-order valence-electron chi connectivity index (χ4n) is 1.24. The standard InChI is InChI=1S/C10H15NO2/c1-7(11)6-8-4-3-5-9(13-2)10(8)12/h3-5,7,12H,6,11H2,1-2H3/t7-/m0/s1. The van der Waals surface area contributed by atoms with Gasteiger partial charge in [0, 0.05) is 6.04 Å².